The molecule has 0 saturated heterocycles. The third-order valence-corrected chi connectivity index (χ3v) is 1.72. The maximum absolute atomic E-state index is 10.7. The molecular weight excluding hydrogens is 263 g/mol. The minimum atomic E-state index is 0. The van der Waals surface area contributed by atoms with Gasteiger partial charge < -0.3 is 17.5 Å². The van der Waals surface area contributed by atoms with E-state index in [1.165, 1.54) is 5.56 Å². The Morgan fingerprint density at radius 2 is 1.38 bits per heavy atom. The fraction of sp³-hybridized carbons (Fsp3) is 0.400. The van der Waals surface area contributed by atoms with Gasteiger partial charge in [-0.25, -0.2) is 0 Å². The van der Waals surface area contributed by atoms with Crippen LogP contribution in [0.5, 0.6) is 5.75 Å². The molecule has 0 radical (unpaired) electrons. The smallest absolute Gasteiger partial charge is 1.00 e. The molecule has 0 spiro atoms. The third kappa shape index (κ3) is 4.83. The van der Waals surface area contributed by atoms with Crippen molar-refractivity contribution in [3.8, 4) is 5.75 Å². The number of benzene rings is 1. The molecule has 0 aliphatic heterocycles. The fourth-order valence-electron chi connectivity index (χ4n) is 0.955. The predicted octanol–water partition coefficient (Wildman–Crippen LogP) is -0.941. The maximum Gasteiger partial charge on any atom is 2.00 e. The van der Waals surface area contributed by atoms with E-state index in [9.17, 15) is 5.11 Å². The number of hydrogen-bond acceptors (Lipinski definition) is 1. The van der Waals surface area contributed by atoms with Gasteiger partial charge in [-0.15, -0.1) is 5.75 Å². The second-order valence-electron chi connectivity index (χ2n) is 3.77. The summed E-state index contributed by atoms with van der Waals surface area (Å²) in [6.07, 6.45) is 0. The number of rotatable bonds is 0. The monoisotopic (exact) mass is 274 g/mol. The van der Waals surface area contributed by atoms with Gasteiger partial charge in [-0.2, -0.15) is 0 Å². The number of halogens is 1. The van der Waals surface area contributed by atoms with E-state index in [1.807, 2.05) is 12.1 Å². The Bertz CT molecular complexity index is 238. The Morgan fingerprint density at radius 1 is 1.00 bits per heavy atom. The Labute approximate surface area is 105 Å². The zero-order chi connectivity index (χ0) is 8.48. The Hall–Kier alpha value is 0.193. The third-order valence-electron chi connectivity index (χ3n) is 1.72. The van der Waals surface area contributed by atoms with Crippen LogP contribution in [0.3, 0.4) is 0 Å². The molecule has 70 valence electrons. The molecule has 0 amide bonds. The van der Waals surface area contributed by atoms with E-state index in [0.29, 0.717) is 0 Å². The zero-order valence-electron chi connectivity index (χ0n) is 8.10. The van der Waals surface area contributed by atoms with Gasteiger partial charge in [-0.3, -0.25) is 0 Å². The van der Waals surface area contributed by atoms with Gasteiger partial charge in [0.05, 0.1) is 0 Å². The van der Waals surface area contributed by atoms with Crippen LogP contribution in [0.15, 0.2) is 24.3 Å². The molecule has 0 atom stereocenters. The van der Waals surface area contributed by atoms with Gasteiger partial charge in [0.1, 0.15) is 0 Å². The Kier molecular flexibility index (Phi) is 7.02. The van der Waals surface area contributed by atoms with E-state index in [-0.39, 0.29) is 49.8 Å². The first-order valence-corrected chi connectivity index (χ1v) is 3.78. The van der Waals surface area contributed by atoms with Crippen LogP contribution in [0.2, 0.25) is 0 Å². The summed E-state index contributed by atoms with van der Waals surface area (Å²) in [5, 5.41) is 10.7. The van der Waals surface area contributed by atoms with Crippen molar-refractivity contribution in [3.05, 3.63) is 29.8 Å². The average Bonchev–Trinajstić information content (AvgIpc) is 1.86. The molecule has 3 heteroatoms. The molecule has 13 heavy (non-hydrogen) atoms. The van der Waals surface area contributed by atoms with Crippen molar-refractivity contribution in [1.82, 2.24) is 0 Å². The molecule has 0 saturated carbocycles. The van der Waals surface area contributed by atoms with E-state index < -0.39 is 0 Å². The van der Waals surface area contributed by atoms with E-state index in [0.717, 1.165) is 0 Å². The predicted molar refractivity (Wildman–Crippen MR) is 44.6 cm³/mol. The van der Waals surface area contributed by atoms with Crippen molar-refractivity contribution >= 4 is 0 Å². The normalized spacial score (nSPS) is 9.77. The summed E-state index contributed by atoms with van der Waals surface area (Å²) in [5.74, 6) is 0.0815. The SMILES string of the molecule is CC(C)(C)c1ccc([O-])cc1.[Cl-].[Zr+2]. The summed E-state index contributed by atoms with van der Waals surface area (Å²) in [6.45, 7) is 6.40. The zero-order valence-corrected chi connectivity index (χ0v) is 11.3. The van der Waals surface area contributed by atoms with Crippen LogP contribution in [-0.2, 0) is 31.6 Å². The second kappa shape index (κ2) is 5.83. The summed E-state index contributed by atoms with van der Waals surface area (Å²) in [6, 6.07) is 7.01. The van der Waals surface area contributed by atoms with Gasteiger partial charge in [0.25, 0.3) is 0 Å². The summed E-state index contributed by atoms with van der Waals surface area (Å²) in [7, 11) is 0. The van der Waals surface area contributed by atoms with Crippen LogP contribution in [0.4, 0.5) is 0 Å². The van der Waals surface area contributed by atoms with Crippen molar-refractivity contribution in [2.24, 2.45) is 0 Å². The van der Waals surface area contributed by atoms with Crippen LogP contribution in [-0.4, -0.2) is 0 Å². The van der Waals surface area contributed by atoms with Gasteiger partial charge >= 0.3 is 26.2 Å². The van der Waals surface area contributed by atoms with Crippen molar-refractivity contribution in [2.45, 2.75) is 26.2 Å². The average molecular weight is 276 g/mol. The van der Waals surface area contributed by atoms with E-state index in [4.69, 9.17) is 0 Å². The summed E-state index contributed by atoms with van der Waals surface area (Å²) in [5.41, 5.74) is 1.35. The topological polar surface area (TPSA) is 23.1 Å². The summed E-state index contributed by atoms with van der Waals surface area (Å²) in [4.78, 5) is 0. The van der Waals surface area contributed by atoms with Gasteiger partial charge in [-0.05, 0) is 11.0 Å². The minimum Gasteiger partial charge on any atom is -1.00 e. The van der Waals surface area contributed by atoms with Gasteiger partial charge in [0.2, 0.25) is 0 Å². The van der Waals surface area contributed by atoms with Crippen LogP contribution >= 0.6 is 0 Å². The van der Waals surface area contributed by atoms with Crippen LogP contribution < -0.4 is 17.5 Å². The van der Waals surface area contributed by atoms with E-state index >= 15 is 0 Å². The van der Waals surface area contributed by atoms with Crippen LogP contribution in [0.25, 0.3) is 0 Å². The largest absolute Gasteiger partial charge is 2.00 e. The molecule has 0 aromatic heterocycles. The molecular formula is C10H13ClOZr. The first-order chi connectivity index (χ1) is 5.00. The first-order valence-electron chi connectivity index (χ1n) is 3.78. The summed E-state index contributed by atoms with van der Waals surface area (Å²) < 4.78 is 0. The quantitative estimate of drug-likeness (QED) is 0.599. The molecule has 0 aliphatic carbocycles. The first kappa shape index (κ1) is 15.7. The maximum atomic E-state index is 10.7. The van der Waals surface area contributed by atoms with Crippen molar-refractivity contribution in [2.75, 3.05) is 0 Å². The Balaban J connectivity index is 0. The molecule has 0 aliphatic rings. The molecule has 1 nitrogen and oxygen atoms in total. The minimum absolute atomic E-state index is 0. The molecule has 1 rings (SSSR count). The Morgan fingerprint density at radius 3 is 1.69 bits per heavy atom. The molecule has 0 N–H and O–H groups in total. The van der Waals surface area contributed by atoms with Gasteiger partial charge in [0, 0.05) is 0 Å². The molecule has 1 aromatic rings. The van der Waals surface area contributed by atoms with Gasteiger partial charge in [-0.1, -0.05) is 45.0 Å². The molecule has 0 heterocycles. The standard InChI is InChI=1S/C10H14O.ClH.Zr/c1-10(2,3)8-4-6-9(11)7-5-8;;/h4-7,11H,1-3H3;1H;/q;;+2/p-2. The second-order valence-corrected chi connectivity index (χ2v) is 3.77. The van der Waals surface area contributed by atoms with Crippen LogP contribution in [0, 0.1) is 0 Å². The fourth-order valence-corrected chi connectivity index (χ4v) is 0.955. The van der Waals surface area contributed by atoms with E-state index in [1.54, 1.807) is 12.1 Å². The molecule has 0 unspecified atom stereocenters. The van der Waals surface area contributed by atoms with Crippen LogP contribution in [0.1, 0.15) is 26.3 Å². The molecule has 0 bridgehead atoms. The summed E-state index contributed by atoms with van der Waals surface area (Å²) >= 11 is 0. The van der Waals surface area contributed by atoms with Crippen molar-refractivity contribution in [3.63, 3.8) is 0 Å². The van der Waals surface area contributed by atoms with Gasteiger partial charge in [0.15, 0.2) is 0 Å². The number of hydrogen-bond donors (Lipinski definition) is 0. The molecule has 0 fully saturated rings. The van der Waals surface area contributed by atoms with Crippen molar-refractivity contribution in [1.29, 1.82) is 0 Å². The van der Waals surface area contributed by atoms with E-state index in [2.05, 4.69) is 20.8 Å². The van der Waals surface area contributed by atoms with Crippen molar-refractivity contribution < 1.29 is 43.7 Å². The molecule has 1 aromatic carbocycles.